The number of nitrogens with zero attached hydrogens (tertiary/aromatic N) is 4. The van der Waals surface area contributed by atoms with Crippen LogP contribution in [0.25, 0.3) is 10.2 Å². The first-order chi connectivity index (χ1) is 15.9. The van der Waals surface area contributed by atoms with Crippen LogP contribution in [-0.4, -0.2) is 66.5 Å². The summed E-state index contributed by atoms with van der Waals surface area (Å²) in [6, 6.07) is 9.48. The molecule has 0 saturated carbocycles. The molecule has 1 fully saturated rings. The Labute approximate surface area is 193 Å². The molecular weight excluding hydrogens is 446 g/mol. The predicted molar refractivity (Wildman–Crippen MR) is 126 cm³/mol. The molecule has 0 radical (unpaired) electrons. The fraction of sp³-hybridized carbons (Fsp3) is 0.318. The number of nitro benzene ring substituents is 1. The number of amides is 1. The van der Waals surface area contributed by atoms with Gasteiger partial charge in [-0.2, -0.15) is 0 Å². The van der Waals surface area contributed by atoms with Crippen LogP contribution in [0.4, 0.5) is 16.5 Å². The van der Waals surface area contributed by atoms with E-state index in [2.05, 4.69) is 15.2 Å². The van der Waals surface area contributed by atoms with Crippen molar-refractivity contribution < 1.29 is 19.2 Å². The van der Waals surface area contributed by atoms with Gasteiger partial charge in [0.25, 0.3) is 11.6 Å². The Hall–Kier alpha value is -3.57. The monoisotopic (exact) mass is 469 g/mol. The molecule has 0 atom stereocenters. The first-order valence-corrected chi connectivity index (χ1v) is 11.3. The quantitative estimate of drug-likeness (QED) is 0.332. The summed E-state index contributed by atoms with van der Waals surface area (Å²) in [6.45, 7) is 5.01. The minimum Gasteiger partial charge on any atom is -0.462 e. The molecule has 1 aliphatic rings. The Morgan fingerprint density at radius 2 is 1.88 bits per heavy atom. The Morgan fingerprint density at radius 1 is 1.15 bits per heavy atom. The maximum absolute atomic E-state index is 12.8. The molecule has 1 N–H and O–H groups in total. The van der Waals surface area contributed by atoms with Gasteiger partial charge in [-0.05, 0) is 44.3 Å². The van der Waals surface area contributed by atoms with Crippen LogP contribution in [0.15, 0.2) is 36.4 Å². The zero-order valence-electron chi connectivity index (χ0n) is 18.2. The lowest BCUT2D eigenvalue weighted by atomic mass is 10.1. The molecule has 1 aromatic heterocycles. The number of anilines is 2. The fourth-order valence-corrected chi connectivity index (χ4v) is 4.51. The summed E-state index contributed by atoms with van der Waals surface area (Å²) >= 11 is 1.21. The predicted octanol–water partition coefficient (Wildman–Crippen LogP) is 3.39. The van der Waals surface area contributed by atoms with E-state index in [9.17, 15) is 19.7 Å². The van der Waals surface area contributed by atoms with Gasteiger partial charge in [-0.15, -0.1) is 0 Å². The van der Waals surface area contributed by atoms with Crippen molar-refractivity contribution in [1.29, 1.82) is 0 Å². The number of carbonyl (C=O) groups is 2. The summed E-state index contributed by atoms with van der Waals surface area (Å²) < 4.78 is 5.72. The molecule has 4 rings (SSSR count). The van der Waals surface area contributed by atoms with Crippen molar-refractivity contribution in [1.82, 2.24) is 9.88 Å². The molecule has 2 heterocycles. The molecule has 1 amide bonds. The number of carbonyl (C=O) groups excluding carboxylic acids is 2. The standard InChI is InChI=1S/C22H23N5O5S/c1-3-32-21(29)15-4-6-16-19(13-15)33-22(23-16)24-20(28)14-5-7-17(18(12-14)27(30)31)26-10-8-25(2)9-11-26/h4-7,12-13H,3,8-11H2,1-2H3,(H,23,24,28). The van der Waals surface area contributed by atoms with Gasteiger partial charge in [0, 0.05) is 37.8 Å². The van der Waals surface area contributed by atoms with E-state index in [0.29, 0.717) is 39.7 Å². The van der Waals surface area contributed by atoms with Crippen molar-refractivity contribution >= 4 is 49.9 Å². The number of nitrogens with one attached hydrogen (secondary N) is 1. The van der Waals surface area contributed by atoms with Crippen LogP contribution in [0.1, 0.15) is 27.6 Å². The van der Waals surface area contributed by atoms with Crippen LogP contribution in [0, 0.1) is 10.1 Å². The van der Waals surface area contributed by atoms with Gasteiger partial charge in [0.05, 0.1) is 27.3 Å². The lowest BCUT2D eigenvalue weighted by molar-refractivity contribution is -0.384. The molecule has 2 aromatic carbocycles. The van der Waals surface area contributed by atoms with Gasteiger partial charge in [-0.25, -0.2) is 9.78 Å². The smallest absolute Gasteiger partial charge is 0.338 e. The van der Waals surface area contributed by atoms with E-state index in [1.54, 1.807) is 37.3 Å². The lowest BCUT2D eigenvalue weighted by Gasteiger charge is -2.33. The zero-order valence-corrected chi connectivity index (χ0v) is 19.1. The zero-order chi connectivity index (χ0) is 23.5. The lowest BCUT2D eigenvalue weighted by Crippen LogP contribution is -2.44. The van der Waals surface area contributed by atoms with Gasteiger partial charge in [0.1, 0.15) is 5.69 Å². The summed E-state index contributed by atoms with van der Waals surface area (Å²) in [7, 11) is 2.01. The van der Waals surface area contributed by atoms with Crippen molar-refractivity contribution in [2.75, 3.05) is 50.1 Å². The molecule has 10 nitrogen and oxygen atoms in total. The Balaban J connectivity index is 1.54. The number of aromatic nitrogens is 1. The number of esters is 1. The second kappa shape index (κ2) is 9.51. The van der Waals surface area contributed by atoms with E-state index in [4.69, 9.17) is 4.74 Å². The van der Waals surface area contributed by atoms with Crippen molar-refractivity contribution in [3.63, 3.8) is 0 Å². The first kappa shape index (κ1) is 22.6. The molecule has 0 spiro atoms. The number of rotatable bonds is 6. The second-order valence-corrected chi connectivity index (χ2v) is 8.66. The molecule has 0 aliphatic carbocycles. The molecule has 0 unspecified atom stereocenters. The maximum Gasteiger partial charge on any atom is 0.338 e. The van der Waals surface area contributed by atoms with Crippen molar-refractivity contribution in [3.05, 3.63) is 57.6 Å². The van der Waals surface area contributed by atoms with Crippen LogP contribution < -0.4 is 10.2 Å². The molecule has 172 valence electrons. The number of hydrogen-bond acceptors (Lipinski definition) is 9. The number of hydrogen-bond donors (Lipinski definition) is 1. The maximum atomic E-state index is 12.8. The third kappa shape index (κ3) is 4.94. The van der Waals surface area contributed by atoms with Crippen molar-refractivity contribution in [2.45, 2.75) is 6.92 Å². The molecule has 1 saturated heterocycles. The summed E-state index contributed by atoms with van der Waals surface area (Å²) in [6.07, 6.45) is 0. The highest BCUT2D eigenvalue weighted by molar-refractivity contribution is 7.22. The topological polar surface area (TPSA) is 118 Å². The van der Waals surface area contributed by atoms with Gasteiger partial charge >= 0.3 is 5.97 Å². The number of thiazole rings is 1. The minimum absolute atomic E-state index is 0.101. The van der Waals surface area contributed by atoms with E-state index in [1.165, 1.54) is 17.4 Å². The minimum atomic E-state index is -0.493. The van der Waals surface area contributed by atoms with Crippen LogP contribution in [0.2, 0.25) is 0 Å². The Morgan fingerprint density at radius 3 is 2.58 bits per heavy atom. The molecule has 3 aromatic rings. The van der Waals surface area contributed by atoms with E-state index in [-0.39, 0.29) is 17.9 Å². The van der Waals surface area contributed by atoms with Crippen LogP contribution in [0.3, 0.4) is 0 Å². The SMILES string of the molecule is CCOC(=O)c1ccc2nc(NC(=O)c3ccc(N4CCN(C)CC4)c([N+](=O)[O-])c3)sc2c1. The highest BCUT2D eigenvalue weighted by atomic mass is 32.1. The number of nitro groups is 1. The molecule has 1 aliphatic heterocycles. The number of benzene rings is 2. The van der Waals surface area contributed by atoms with Gasteiger partial charge in [-0.1, -0.05) is 11.3 Å². The fourth-order valence-electron chi connectivity index (χ4n) is 3.61. The number of piperazine rings is 1. The summed E-state index contributed by atoms with van der Waals surface area (Å²) in [5, 5.41) is 14.7. The van der Waals surface area contributed by atoms with Crippen LogP contribution in [0.5, 0.6) is 0 Å². The second-order valence-electron chi connectivity index (χ2n) is 7.63. The number of ether oxygens (including phenoxy) is 1. The van der Waals surface area contributed by atoms with E-state index >= 15 is 0 Å². The van der Waals surface area contributed by atoms with E-state index < -0.39 is 16.8 Å². The van der Waals surface area contributed by atoms with Crippen molar-refractivity contribution in [3.8, 4) is 0 Å². The molecule has 33 heavy (non-hydrogen) atoms. The van der Waals surface area contributed by atoms with E-state index in [0.717, 1.165) is 13.1 Å². The average molecular weight is 470 g/mol. The van der Waals surface area contributed by atoms with Gasteiger partial charge in [-0.3, -0.25) is 20.2 Å². The average Bonchev–Trinajstić information content (AvgIpc) is 3.20. The largest absolute Gasteiger partial charge is 0.462 e. The van der Waals surface area contributed by atoms with Gasteiger partial charge < -0.3 is 14.5 Å². The van der Waals surface area contributed by atoms with E-state index in [1.807, 2.05) is 11.9 Å². The van der Waals surface area contributed by atoms with Crippen LogP contribution >= 0.6 is 11.3 Å². The Bertz CT molecular complexity index is 1220. The van der Waals surface area contributed by atoms with Crippen LogP contribution in [-0.2, 0) is 4.74 Å². The third-order valence-corrected chi connectivity index (χ3v) is 6.33. The summed E-state index contributed by atoms with van der Waals surface area (Å²) in [4.78, 5) is 44.5. The molecular formula is C22H23N5O5S. The first-order valence-electron chi connectivity index (χ1n) is 10.5. The van der Waals surface area contributed by atoms with Crippen molar-refractivity contribution in [2.24, 2.45) is 0 Å². The third-order valence-electron chi connectivity index (χ3n) is 5.40. The highest BCUT2D eigenvalue weighted by Gasteiger charge is 2.24. The highest BCUT2D eigenvalue weighted by Crippen LogP contribution is 2.31. The molecule has 11 heteroatoms. The number of likely N-dealkylation sites (N-methyl/N-ethyl adjacent to an activating group) is 1. The molecule has 0 bridgehead atoms. The summed E-state index contributed by atoms with van der Waals surface area (Å²) in [5.41, 5.74) is 1.61. The number of fused-ring (bicyclic) bond motifs is 1. The Kier molecular flexibility index (Phi) is 6.52. The van der Waals surface area contributed by atoms with Gasteiger partial charge in [0.15, 0.2) is 5.13 Å². The normalized spacial score (nSPS) is 14.3. The van der Waals surface area contributed by atoms with Gasteiger partial charge in [0.2, 0.25) is 0 Å². The summed E-state index contributed by atoms with van der Waals surface area (Å²) in [5.74, 6) is -0.918.